The Labute approximate surface area is 141 Å². The minimum Gasteiger partial charge on any atom is -0.507 e. The van der Waals surface area contributed by atoms with Gasteiger partial charge in [-0.2, -0.15) is 0 Å². The van der Waals surface area contributed by atoms with Crippen LogP contribution in [-0.2, 0) is 4.74 Å². The molecule has 0 saturated carbocycles. The van der Waals surface area contributed by atoms with Gasteiger partial charge < -0.3 is 19.8 Å². The van der Waals surface area contributed by atoms with E-state index in [2.05, 4.69) is 15.1 Å². The summed E-state index contributed by atoms with van der Waals surface area (Å²) in [5, 5.41) is 28.5. The van der Waals surface area contributed by atoms with Gasteiger partial charge in [-0.15, -0.1) is 10.2 Å². The smallest absolute Gasteiger partial charge is 0.151 e. The van der Waals surface area contributed by atoms with Crippen LogP contribution in [0.2, 0.25) is 0 Å². The molecule has 2 atom stereocenters. The van der Waals surface area contributed by atoms with Crippen molar-refractivity contribution < 1.29 is 14.9 Å². The van der Waals surface area contributed by atoms with Crippen molar-refractivity contribution in [3.8, 4) is 17.0 Å². The van der Waals surface area contributed by atoms with Crippen molar-refractivity contribution in [2.75, 3.05) is 24.6 Å². The second-order valence-electron chi connectivity index (χ2n) is 6.35. The number of hydrogen-bond donors (Lipinski definition) is 2. The molecule has 1 aliphatic heterocycles. The van der Waals surface area contributed by atoms with E-state index in [1.165, 1.54) is 0 Å². The first-order chi connectivity index (χ1) is 11.5. The van der Waals surface area contributed by atoms with Gasteiger partial charge in [0.05, 0.1) is 18.4 Å². The lowest BCUT2D eigenvalue weighted by Gasteiger charge is -2.34. The van der Waals surface area contributed by atoms with E-state index in [0.717, 1.165) is 16.9 Å². The van der Waals surface area contributed by atoms with E-state index in [4.69, 9.17) is 4.74 Å². The van der Waals surface area contributed by atoms with Crippen LogP contribution in [0.5, 0.6) is 5.75 Å². The molecule has 1 aromatic carbocycles. The Hall–Kier alpha value is -2.18. The number of phenols is 1. The number of aliphatic hydroxyl groups excluding tert-OH is 1. The minimum atomic E-state index is -0.521. The minimum absolute atomic E-state index is 0.218. The molecule has 24 heavy (non-hydrogen) atoms. The molecule has 1 saturated heterocycles. The Morgan fingerprint density at radius 3 is 2.67 bits per heavy atom. The van der Waals surface area contributed by atoms with Gasteiger partial charge in [-0.05, 0) is 50.1 Å². The SMILES string of the molecule is Cc1cc(C)c(-c2ccc(N3CCO[C@@H](C(C)O)C3)nn2)c(O)c1. The van der Waals surface area contributed by atoms with Gasteiger partial charge in [0.15, 0.2) is 5.82 Å². The molecule has 1 unspecified atom stereocenters. The third-order valence-electron chi connectivity index (χ3n) is 4.32. The van der Waals surface area contributed by atoms with Crippen LogP contribution < -0.4 is 4.90 Å². The van der Waals surface area contributed by atoms with Crippen molar-refractivity contribution >= 4 is 5.82 Å². The van der Waals surface area contributed by atoms with Crippen LogP contribution >= 0.6 is 0 Å². The summed E-state index contributed by atoms with van der Waals surface area (Å²) in [6, 6.07) is 7.51. The third-order valence-corrected chi connectivity index (χ3v) is 4.32. The van der Waals surface area contributed by atoms with Crippen molar-refractivity contribution in [2.24, 2.45) is 0 Å². The van der Waals surface area contributed by atoms with Crippen molar-refractivity contribution in [3.05, 3.63) is 35.4 Å². The molecule has 0 spiro atoms. The maximum Gasteiger partial charge on any atom is 0.151 e. The van der Waals surface area contributed by atoms with E-state index in [-0.39, 0.29) is 11.9 Å². The lowest BCUT2D eigenvalue weighted by atomic mass is 10.0. The van der Waals surface area contributed by atoms with Crippen molar-refractivity contribution in [2.45, 2.75) is 33.0 Å². The number of benzene rings is 1. The monoisotopic (exact) mass is 329 g/mol. The molecule has 2 N–H and O–H groups in total. The van der Waals surface area contributed by atoms with Gasteiger partial charge in [0.25, 0.3) is 0 Å². The van der Waals surface area contributed by atoms with E-state index < -0.39 is 6.10 Å². The number of hydrogen-bond acceptors (Lipinski definition) is 6. The van der Waals surface area contributed by atoms with Crippen molar-refractivity contribution in [1.82, 2.24) is 10.2 Å². The molecule has 128 valence electrons. The molecular formula is C18H23N3O3. The van der Waals surface area contributed by atoms with Crippen LogP contribution in [0, 0.1) is 13.8 Å². The van der Waals surface area contributed by atoms with Gasteiger partial charge >= 0.3 is 0 Å². The van der Waals surface area contributed by atoms with Gasteiger partial charge in [0, 0.05) is 18.7 Å². The Morgan fingerprint density at radius 1 is 1.25 bits per heavy atom. The summed E-state index contributed by atoms with van der Waals surface area (Å²) in [4.78, 5) is 2.06. The van der Waals surface area contributed by atoms with Crippen molar-refractivity contribution in [3.63, 3.8) is 0 Å². The highest BCUT2D eigenvalue weighted by molar-refractivity contribution is 5.71. The molecule has 3 rings (SSSR count). The van der Waals surface area contributed by atoms with E-state index in [0.29, 0.717) is 31.0 Å². The molecular weight excluding hydrogens is 306 g/mol. The molecule has 2 heterocycles. The zero-order valence-electron chi connectivity index (χ0n) is 14.2. The fraction of sp³-hybridized carbons (Fsp3) is 0.444. The summed E-state index contributed by atoms with van der Waals surface area (Å²) in [5.41, 5.74) is 3.34. The van der Waals surface area contributed by atoms with E-state index in [9.17, 15) is 10.2 Å². The second kappa shape index (κ2) is 6.75. The zero-order chi connectivity index (χ0) is 17.3. The molecule has 6 nitrogen and oxygen atoms in total. The number of morpholine rings is 1. The summed E-state index contributed by atoms with van der Waals surface area (Å²) in [6.07, 6.45) is -0.740. The first-order valence-electron chi connectivity index (χ1n) is 8.14. The number of aryl methyl sites for hydroxylation is 2. The van der Waals surface area contributed by atoms with Crippen LogP contribution in [0.15, 0.2) is 24.3 Å². The third kappa shape index (κ3) is 3.34. The van der Waals surface area contributed by atoms with Gasteiger partial charge in [-0.3, -0.25) is 0 Å². The van der Waals surface area contributed by atoms with Gasteiger partial charge in [0.2, 0.25) is 0 Å². The van der Waals surface area contributed by atoms with Crippen molar-refractivity contribution in [1.29, 1.82) is 0 Å². The lowest BCUT2D eigenvalue weighted by Crippen LogP contribution is -2.47. The number of aromatic hydroxyl groups is 1. The molecule has 0 aliphatic carbocycles. The normalized spacial score (nSPS) is 19.3. The fourth-order valence-electron chi connectivity index (χ4n) is 3.08. The fourth-order valence-corrected chi connectivity index (χ4v) is 3.08. The molecule has 1 aliphatic rings. The first kappa shape index (κ1) is 16.7. The van der Waals surface area contributed by atoms with Gasteiger partial charge in [-0.1, -0.05) is 6.07 Å². The summed E-state index contributed by atoms with van der Waals surface area (Å²) < 4.78 is 5.55. The molecule has 1 fully saturated rings. The standard InChI is InChI=1S/C18H23N3O3/c1-11-8-12(2)18(15(23)9-11)14-4-5-17(20-19-14)21-6-7-24-16(10-21)13(3)22/h4-5,8-9,13,16,22-23H,6-7,10H2,1-3H3/t13?,16-/m1/s1. The Morgan fingerprint density at radius 2 is 2.04 bits per heavy atom. The number of anilines is 1. The summed E-state index contributed by atoms with van der Waals surface area (Å²) in [7, 11) is 0. The van der Waals surface area contributed by atoms with E-state index in [1.54, 1.807) is 13.0 Å². The number of aromatic nitrogens is 2. The zero-order valence-corrected chi connectivity index (χ0v) is 14.2. The number of aliphatic hydroxyl groups is 1. The topological polar surface area (TPSA) is 78.7 Å². The average molecular weight is 329 g/mol. The summed E-state index contributed by atoms with van der Waals surface area (Å²) in [5.74, 6) is 0.965. The second-order valence-corrected chi connectivity index (χ2v) is 6.35. The maximum absolute atomic E-state index is 10.2. The summed E-state index contributed by atoms with van der Waals surface area (Å²) in [6.45, 7) is 7.48. The number of nitrogens with zero attached hydrogens (tertiary/aromatic N) is 3. The quantitative estimate of drug-likeness (QED) is 0.897. The van der Waals surface area contributed by atoms with Crippen LogP contribution in [-0.4, -0.2) is 52.3 Å². The highest BCUT2D eigenvalue weighted by atomic mass is 16.5. The highest BCUT2D eigenvalue weighted by Gasteiger charge is 2.25. The Kier molecular flexibility index (Phi) is 4.69. The van der Waals surface area contributed by atoms with Gasteiger partial charge in [0.1, 0.15) is 11.9 Å². The summed E-state index contributed by atoms with van der Waals surface area (Å²) >= 11 is 0. The van der Waals surface area contributed by atoms with E-state index >= 15 is 0 Å². The van der Waals surface area contributed by atoms with E-state index in [1.807, 2.05) is 32.0 Å². The number of ether oxygens (including phenoxy) is 1. The average Bonchev–Trinajstić information content (AvgIpc) is 2.54. The van der Waals surface area contributed by atoms with Crippen LogP contribution in [0.1, 0.15) is 18.1 Å². The Balaban J connectivity index is 1.84. The van der Waals surface area contributed by atoms with Gasteiger partial charge in [-0.25, -0.2) is 0 Å². The molecule has 0 bridgehead atoms. The predicted molar refractivity (Wildman–Crippen MR) is 92.2 cm³/mol. The molecule has 0 radical (unpaired) electrons. The number of rotatable bonds is 3. The lowest BCUT2D eigenvalue weighted by molar-refractivity contribution is -0.0366. The van der Waals surface area contributed by atoms with Crippen LogP contribution in [0.3, 0.4) is 0 Å². The van der Waals surface area contributed by atoms with Crippen LogP contribution in [0.4, 0.5) is 5.82 Å². The molecule has 1 aromatic heterocycles. The highest BCUT2D eigenvalue weighted by Crippen LogP contribution is 2.32. The largest absolute Gasteiger partial charge is 0.507 e. The molecule has 6 heteroatoms. The Bertz CT molecular complexity index is 693. The predicted octanol–water partition coefficient (Wildman–Crippen LogP) is 2.05. The number of phenolic OH excluding ortho intramolecular Hbond substituents is 1. The molecule has 2 aromatic rings. The first-order valence-corrected chi connectivity index (χ1v) is 8.14. The van der Waals surface area contributed by atoms with Crippen LogP contribution in [0.25, 0.3) is 11.3 Å². The molecule has 0 amide bonds. The maximum atomic E-state index is 10.2.